The lowest BCUT2D eigenvalue weighted by molar-refractivity contribution is 0.0640. The maximum atomic E-state index is 12.2. The Hall–Kier alpha value is -1.38. The predicted octanol–water partition coefficient (Wildman–Crippen LogP) is -0.215. The number of hydrogen-bond donors (Lipinski definition) is 2. The lowest BCUT2D eigenvalue weighted by atomic mass is 10.2. The predicted molar refractivity (Wildman–Crippen MR) is 66.1 cm³/mol. The molecule has 8 heteroatoms. The number of likely N-dealkylation sites (tertiary alicyclic amines) is 1. The van der Waals surface area contributed by atoms with Crippen LogP contribution >= 0.6 is 0 Å². The first kappa shape index (κ1) is 14.0. The number of rotatable bonds is 4. The molecule has 1 aliphatic heterocycles. The van der Waals surface area contributed by atoms with Crippen molar-refractivity contribution in [3.8, 4) is 0 Å². The van der Waals surface area contributed by atoms with Gasteiger partial charge in [-0.25, -0.2) is 13.1 Å². The van der Waals surface area contributed by atoms with Gasteiger partial charge < -0.3 is 14.4 Å². The minimum Gasteiger partial charge on any atom is -0.438 e. The van der Waals surface area contributed by atoms with Crippen molar-refractivity contribution in [1.29, 1.82) is 0 Å². The largest absolute Gasteiger partial charge is 0.438 e. The molecule has 0 saturated carbocycles. The molecule has 2 heterocycles. The first-order valence-corrected chi connectivity index (χ1v) is 7.43. The van der Waals surface area contributed by atoms with Gasteiger partial charge in [0.15, 0.2) is 5.76 Å². The summed E-state index contributed by atoms with van der Waals surface area (Å²) in [5.41, 5.74) is 0. The molecule has 0 aliphatic carbocycles. The molecule has 1 saturated heterocycles. The van der Waals surface area contributed by atoms with Crippen LogP contribution in [0.5, 0.6) is 0 Å². The highest BCUT2D eigenvalue weighted by Crippen LogP contribution is 2.21. The fourth-order valence-electron chi connectivity index (χ4n) is 2.11. The lowest BCUT2D eigenvalue weighted by Crippen LogP contribution is -2.37. The average Bonchev–Trinajstić information content (AvgIpc) is 3.06. The van der Waals surface area contributed by atoms with Crippen LogP contribution in [-0.2, 0) is 10.0 Å². The zero-order valence-corrected chi connectivity index (χ0v) is 11.3. The second kappa shape index (κ2) is 5.32. The van der Waals surface area contributed by atoms with Gasteiger partial charge >= 0.3 is 0 Å². The molecule has 1 atom stereocenters. The summed E-state index contributed by atoms with van der Waals surface area (Å²) in [6.07, 6.45) is 1.56. The van der Waals surface area contributed by atoms with Gasteiger partial charge in [-0.05, 0) is 32.0 Å². The van der Waals surface area contributed by atoms with Gasteiger partial charge in [0, 0.05) is 6.54 Å². The molecule has 106 valence electrons. The lowest BCUT2D eigenvalue weighted by Gasteiger charge is -2.21. The van der Waals surface area contributed by atoms with Gasteiger partial charge in [0.2, 0.25) is 5.09 Å². The van der Waals surface area contributed by atoms with Gasteiger partial charge in [-0.3, -0.25) is 4.79 Å². The van der Waals surface area contributed by atoms with E-state index >= 15 is 0 Å². The van der Waals surface area contributed by atoms with E-state index in [-0.39, 0.29) is 23.5 Å². The van der Waals surface area contributed by atoms with Crippen LogP contribution in [0.25, 0.3) is 0 Å². The molecule has 2 rings (SSSR count). The standard InChI is InChI=1S/C11H16N2O5S/c1-12-19(16,17)10-5-4-9(18-10)11(15)13-6-2-3-8(13)7-14/h4-5,8,12,14H,2-3,6-7H2,1H3. The molecule has 0 aromatic carbocycles. The van der Waals surface area contributed by atoms with Gasteiger partial charge in [-0.15, -0.1) is 0 Å². The summed E-state index contributed by atoms with van der Waals surface area (Å²) < 4.78 is 30.2. The second-order valence-corrected chi connectivity index (χ2v) is 6.12. The molecular weight excluding hydrogens is 272 g/mol. The van der Waals surface area contributed by atoms with E-state index in [1.165, 1.54) is 24.1 Å². The van der Waals surface area contributed by atoms with Crippen LogP contribution in [0.4, 0.5) is 0 Å². The van der Waals surface area contributed by atoms with E-state index < -0.39 is 15.9 Å². The SMILES string of the molecule is CNS(=O)(=O)c1ccc(C(=O)N2CCCC2CO)o1. The highest BCUT2D eigenvalue weighted by atomic mass is 32.2. The molecule has 19 heavy (non-hydrogen) atoms. The van der Waals surface area contributed by atoms with E-state index in [0.717, 1.165) is 12.8 Å². The molecule has 0 radical (unpaired) electrons. The number of hydrogen-bond acceptors (Lipinski definition) is 5. The Kier molecular flexibility index (Phi) is 3.93. The van der Waals surface area contributed by atoms with Gasteiger partial charge in [0.1, 0.15) is 0 Å². The van der Waals surface area contributed by atoms with Crippen molar-refractivity contribution in [1.82, 2.24) is 9.62 Å². The average molecular weight is 288 g/mol. The monoisotopic (exact) mass is 288 g/mol. The number of sulfonamides is 1. The van der Waals surface area contributed by atoms with Crippen molar-refractivity contribution in [2.75, 3.05) is 20.2 Å². The third kappa shape index (κ3) is 2.65. The second-order valence-electron chi connectivity index (χ2n) is 4.30. The molecule has 1 aromatic heterocycles. The fourth-order valence-corrected chi connectivity index (χ4v) is 2.76. The third-order valence-electron chi connectivity index (χ3n) is 3.17. The van der Waals surface area contributed by atoms with Crippen LogP contribution in [0.2, 0.25) is 0 Å². The third-order valence-corrected chi connectivity index (χ3v) is 4.46. The summed E-state index contributed by atoms with van der Waals surface area (Å²) in [7, 11) is -2.42. The van der Waals surface area contributed by atoms with Gasteiger partial charge in [-0.2, -0.15) is 0 Å². The first-order valence-electron chi connectivity index (χ1n) is 5.95. The van der Waals surface area contributed by atoms with Crippen molar-refractivity contribution in [3.05, 3.63) is 17.9 Å². The molecule has 0 spiro atoms. The summed E-state index contributed by atoms with van der Waals surface area (Å²) in [6.45, 7) is 0.437. The number of nitrogens with one attached hydrogen (secondary N) is 1. The van der Waals surface area contributed by atoms with Crippen molar-refractivity contribution >= 4 is 15.9 Å². The van der Waals surface area contributed by atoms with E-state index in [2.05, 4.69) is 4.72 Å². The zero-order valence-electron chi connectivity index (χ0n) is 10.5. The van der Waals surface area contributed by atoms with Gasteiger partial charge in [-0.1, -0.05) is 0 Å². The zero-order chi connectivity index (χ0) is 14.0. The molecule has 1 amide bonds. The van der Waals surface area contributed by atoms with E-state index in [4.69, 9.17) is 4.42 Å². The Morgan fingerprint density at radius 2 is 2.32 bits per heavy atom. The van der Waals surface area contributed by atoms with Crippen molar-refractivity contribution in [2.45, 2.75) is 24.0 Å². The first-order chi connectivity index (χ1) is 8.99. The molecular formula is C11H16N2O5S. The number of amides is 1. The molecule has 1 fully saturated rings. The summed E-state index contributed by atoms with van der Waals surface area (Å²) >= 11 is 0. The number of carbonyl (C=O) groups excluding carboxylic acids is 1. The van der Waals surface area contributed by atoms with Crippen LogP contribution in [0.3, 0.4) is 0 Å². The van der Waals surface area contributed by atoms with Crippen molar-refractivity contribution in [2.24, 2.45) is 0 Å². The highest BCUT2D eigenvalue weighted by Gasteiger charge is 2.31. The smallest absolute Gasteiger partial charge is 0.289 e. The number of nitrogens with zero attached hydrogens (tertiary/aromatic N) is 1. The van der Waals surface area contributed by atoms with Crippen LogP contribution in [0.15, 0.2) is 21.6 Å². The van der Waals surface area contributed by atoms with Crippen molar-refractivity contribution in [3.63, 3.8) is 0 Å². The summed E-state index contributed by atoms with van der Waals surface area (Å²) in [5, 5.41) is 8.88. The normalized spacial score (nSPS) is 19.9. The Bertz CT molecular complexity index is 565. The Balaban J connectivity index is 2.21. The topological polar surface area (TPSA) is 99.9 Å². The number of carbonyl (C=O) groups is 1. The quantitative estimate of drug-likeness (QED) is 0.798. The Morgan fingerprint density at radius 1 is 1.58 bits per heavy atom. The Labute approximate surface area is 111 Å². The number of aliphatic hydroxyl groups excluding tert-OH is 1. The molecule has 2 N–H and O–H groups in total. The molecule has 1 aliphatic rings. The Morgan fingerprint density at radius 3 is 2.95 bits per heavy atom. The fraction of sp³-hybridized carbons (Fsp3) is 0.545. The summed E-state index contributed by atoms with van der Waals surface area (Å²) in [5.74, 6) is -0.428. The van der Waals surface area contributed by atoms with E-state index in [1.807, 2.05) is 0 Å². The van der Waals surface area contributed by atoms with Crippen LogP contribution in [-0.4, -0.2) is 50.6 Å². The van der Waals surface area contributed by atoms with Gasteiger partial charge in [0.05, 0.1) is 12.6 Å². The maximum Gasteiger partial charge on any atom is 0.289 e. The minimum atomic E-state index is -3.69. The molecule has 7 nitrogen and oxygen atoms in total. The van der Waals surface area contributed by atoms with Crippen LogP contribution < -0.4 is 4.72 Å². The highest BCUT2D eigenvalue weighted by molar-refractivity contribution is 7.89. The number of aliphatic hydroxyl groups is 1. The molecule has 1 unspecified atom stereocenters. The summed E-state index contributed by atoms with van der Waals surface area (Å²) in [6, 6.07) is 2.35. The van der Waals surface area contributed by atoms with E-state index in [1.54, 1.807) is 0 Å². The number of furan rings is 1. The summed E-state index contributed by atoms with van der Waals surface area (Å²) in [4.78, 5) is 13.7. The molecule has 0 bridgehead atoms. The molecule has 1 aromatic rings. The maximum absolute atomic E-state index is 12.2. The van der Waals surface area contributed by atoms with Crippen LogP contribution in [0, 0.1) is 0 Å². The minimum absolute atomic E-state index is 0.0332. The van der Waals surface area contributed by atoms with E-state index in [9.17, 15) is 18.3 Å². The van der Waals surface area contributed by atoms with Gasteiger partial charge in [0.25, 0.3) is 15.9 Å². The van der Waals surface area contributed by atoms with Crippen LogP contribution in [0.1, 0.15) is 23.4 Å². The van der Waals surface area contributed by atoms with Crippen molar-refractivity contribution < 1.29 is 22.7 Å². The van der Waals surface area contributed by atoms with E-state index in [0.29, 0.717) is 6.54 Å².